The number of hydrogen-bond donors (Lipinski definition) is 0. The van der Waals surface area contributed by atoms with Crippen LogP contribution in [0.25, 0.3) is 11.5 Å². The van der Waals surface area contributed by atoms with Crippen molar-refractivity contribution >= 4 is 44.5 Å². The molecule has 1 aromatic heterocycles. The van der Waals surface area contributed by atoms with Gasteiger partial charge in [-0.3, -0.25) is 0 Å². The topological polar surface area (TPSA) is 61.6 Å². The van der Waals surface area contributed by atoms with Crippen molar-refractivity contribution in [2.75, 3.05) is 14.2 Å². The number of hydrogen-bond acceptors (Lipinski definition) is 5. The molecule has 2 rings (SSSR count). The molecule has 0 saturated heterocycles. The van der Waals surface area contributed by atoms with E-state index in [2.05, 4.69) is 48.2 Å². The molecule has 0 atom stereocenters. The molecule has 0 N–H and O–H groups in total. The van der Waals surface area contributed by atoms with E-state index in [0.29, 0.717) is 11.6 Å². The molecule has 0 aliphatic rings. The van der Waals surface area contributed by atoms with Gasteiger partial charge >= 0.3 is 5.97 Å². The molecule has 20 heavy (non-hydrogen) atoms. The highest BCUT2D eigenvalue weighted by Gasteiger charge is 2.22. The summed E-state index contributed by atoms with van der Waals surface area (Å²) in [6.07, 6.45) is 0. The van der Waals surface area contributed by atoms with Gasteiger partial charge in [-0.25, -0.2) is 9.78 Å². The summed E-state index contributed by atoms with van der Waals surface area (Å²) >= 11 is 5.64. The highest BCUT2D eigenvalue weighted by Crippen LogP contribution is 2.31. The highest BCUT2D eigenvalue weighted by atomic mass is 127. The lowest BCUT2D eigenvalue weighted by molar-refractivity contribution is 0.0559. The summed E-state index contributed by atoms with van der Waals surface area (Å²) < 4.78 is 17.1. The van der Waals surface area contributed by atoms with E-state index in [9.17, 15) is 4.79 Å². The van der Waals surface area contributed by atoms with Gasteiger partial charge in [-0.2, -0.15) is 0 Å². The lowest BCUT2D eigenvalue weighted by atomic mass is 10.2. The smallest absolute Gasteiger partial charge is 0.376 e. The number of carbonyl (C=O) groups excluding carboxylic acids is 1. The van der Waals surface area contributed by atoms with E-state index in [1.807, 2.05) is 18.2 Å². The van der Waals surface area contributed by atoms with Crippen LogP contribution in [-0.4, -0.2) is 25.2 Å². The molecule has 5 nitrogen and oxygen atoms in total. The second-order valence-corrected chi connectivity index (χ2v) is 5.94. The average molecular weight is 452 g/mol. The summed E-state index contributed by atoms with van der Waals surface area (Å²) in [6, 6.07) is 5.76. The molecule has 7 heteroatoms. The summed E-state index contributed by atoms with van der Waals surface area (Å²) in [6.45, 7) is 0.176. The van der Waals surface area contributed by atoms with Crippen LogP contribution in [0, 0.1) is 3.57 Å². The fourth-order valence-electron chi connectivity index (χ4n) is 1.62. The summed E-state index contributed by atoms with van der Waals surface area (Å²) in [5, 5.41) is 0. The van der Waals surface area contributed by atoms with Crippen molar-refractivity contribution in [1.82, 2.24) is 4.98 Å². The van der Waals surface area contributed by atoms with Crippen molar-refractivity contribution in [3.05, 3.63) is 37.7 Å². The summed E-state index contributed by atoms with van der Waals surface area (Å²) in [5.74, 6) is -0.157. The number of aromatic nitrogens is 1. The molecule has 0 saturated carbocycles. The Morgan fingerprint density at radius 2 is 2.20 bits per heavy atom. The van der Waals surface area contributed by atoms with E-state index in [4.69, 9.17) is 9.15 Å². The van der Waals surface area contributed by atoms with Gasteiger partial charge in [-0.05, 0) is 56.7 Å². The first-order valence-electron chi connectivity index (χ1n) is 5.59. The second-order valence-electron chi connectivity index (χ2n) is 3.84. The fourth-order valence-corrected chi connectivity index (χ4v) is 2.52. The van der Waals surface area contributed by atoms with E-state index in [0.717, 1.165) is 13.6 Å². The van der Waals surface area contributed by atoms with Crippen molar-refractivity contribution in [2.45, 2.75) is 6.61 Å². The summed E-state index contributed by atoms with van der Waals surface area (Å²) in [7, 11) is 2.82. The Morgan fingerprint density at radius 3 is 2.85 bits per heavy atom. The predicted molar refractivity (Wildman–Crippen MR) is 84.4 cm³/mol. The van der Waals surface area contributed by atoms with Gasteiger partial charge < -0.3 is 13.9 Å². The van der Waals surface area contributed by atoms with Crippen LogP contribution in [0.3, 0.4) is 0 Å². The maximum absolute atomic E-state index is 11.7. The first-order valence-corrected chi connectivity index (χ1v) is 7.46. The van der Waals surface area contributed by atoms with Crippen LogP contribution in [0.5, 0.6) is 0 Å². The van der Waals surface area contributed by atoms with Crippen LogP contribution < -0.4 is 0 Å². The lowest BCUT2D eigenvalue weighted by Gasteiger charge is -2.00. The van der Waals surface area contributed by atoms with Gasteiger partial charge in [0, 0.05) is 15.2 Å². The van der Waals surface area contributed by atoms with Crippen LogP contribution >= 0.6 is 38.5 Å². The van der Waals surface area contributed by atoms with Crippen LogP contribution in [0.2, 0.25) is 0 Å². The zero-order valence-corrected chi connectivity index (χ0v) is 14.5. The van der Waals surface area contributed by atoms with E-state index >= 15 is 0 Å². The van der Waals surface area contributed by atoms with Crippen molar-refractivity contribution in [3.63, 3.8) is 0 Å². The Hall–Kier alpha value is -0.930. The Labute approximate surface area is 137 Å². The predicted octanol–water partition coefficient (Wildman–Crippen LogP) is 3.64. The van der Waals surface area contributed by atoms with Gasteiger partial charge in [0.1, 0.15) is 5.69 Å². The zero-order chi connectivity index (χ0) is 14.7. The fraction of sp³-hybridized carbons (Fsp3) is 0.231. The molecule has 0 unspecified atom stereocenters. The largest absolute Gasteiger partial charge is 0.463 e. The van der Waals surface area contributed by atoms with Crippen molar-refractivity contribution in [1.29, 1.82) is 0 Å². The summed E-state index contributed by atoms with van der Waals surface area (Å²) in [5.41, 5.74) is 1.18. The Bertz CT molecular complexity index is 641. The van der Waals surface area contributed by atoms with E-state index in [1.54, 1.807) is 0 Å². The van der Waals surface area contributed by atoms with Crippen LogP contribution in [-0.2, 0) is 16.1 Å². The zero-order valence-electron chi connectivity index (χ0n) is 10.8. The first kappa shape index (κ1) is 15.5. The second kappa shape index (κ2) is 6.68. The van der Waals surface area contributed by atoms with Gasteiger partial charge in [0.25, 0.3) is 0 Å². The molecular weight excluding hydrogens is 441 g/mol. The molecule has 1 heterocycles. The molecule has 0 spiro atoms. The molecule has 0 bridgehead atoms. The van der Waals surface area contributed by atoms with Crippen molar-refractivity contribution < 1.29 is 18.7 Å². The molecule has 0 aliphatic heterocycles. The normalized spacial score (nSPS) is 10.6. The van der Waals surface area contributed by atoms with Gasteiger partial charge in [-0.1, -0.05) is 0 Å². The minimum atomic E-state index is -0.572. The number of esters is 1. The molecule has 1 aromatic carbocycles. The number of nitrogens with zero attached hydrogens (tertiary/aromatic N) is 1. The molecule has 0 fully saturated rings. The van der Waals surface area contributed by atoms with Gasteiger partial charge in [0.05, 0.1) is 19.3 Å². The number of benzene rings is 1. The SMILES string of the molecule is COCc1nc(-c2cc(I)ccc2Br)oc1C(=O)OC. The third kappa shape index (κ3) is 3.21. The van der Waals surface area contributed by atoms with E-state index in [-0.39, 0.29) is 12.4 Å². The Kier molecular flexibility index (Phi) is 5.17. The molecule has 2 aromatic rings. The van der Waals surface area contributed by atoms with Gasteiger partial charge in [0.2, 0.25) is 11.7 Å². The number of ether oxygens (including phenoxy) is 2. The highest BCUT2D eigenvalue weighted by molar-refractivity contribution is 14.1. The third-order valence-electron chi connectivity index (χ3n) is 2.51. The van der Waals surface area contributed by atoms with E-state index < -0.39 is 5.97 Å². The minimum absolute atomic E-state index is 0.0649. The maximum atomic E-state index is 11.7. The van der Waals surface area contributed by atoms with Crippen LogP contribution in [0.1, 0.15) is 16.2 Å². The van der Waals surface area contributed by atoms with Crippen LogP contribution in [0.4, 0.5) is 0 Å². The number of carbonyl (C=O) groups is 1. The number of oxazole rings is 1. The average Bonchev–Trinajstić information content (AvgIpc) is 2.85. The van der Waals surface area contributed by atoms with Crippen LogP contribution in [0.15, 0.2) is 27.1 Å². The minimum Gasteiger partial charge on any atom is -0.463 e. The van der Waals surface area contributed by atoms with Crippen molar-refractivity contribution in [3.8, 4) is 11.5 Å². The molecule has 0 radical (unpaired) electrons. The Balaban J connectivity index is 2.52. The third-order valence-corrected chi connectivity index (χ3v) is 3.87. The van der Waals surface area contributed by atoms with Crippen molar-refractivity contribution in [2.24, 2.45) is 0 Å². The van der Waals surface area contributed by atoms with Gasteiger partial charge in [0.15, 0.2) is 0 Å². The Morgan fingerprint density at radius 1 is 1.45 bits per heavy atom. The lowest BCUT2D eigenvalue weighted by Crippen LogP contribution is -2.04. The van der Waals surface area contributed by atoms with E-state index in [1.165, 1.54) is 14.2 Å². The number of halogens is 2. The monoisotopic (exact) mass is 451 g/mol. The maximum Gasteiger partial charge on any atom is 0.376 e. The molecule has 0 aliphatic carbocycles. The molecular formula is C13H11BrINO4. The van der Waals surface area contributed by atoms with Gasteiger partial charge in [-0.15, -0.1) is 0 Å². The summed E-state index contributed by atoms with van der Waals surface area (Å²) in [4.78, 5) is 16.0. The standard InChI is InChI=1S/C13H11BrINO4/c1-18-6-10-11(13(17)19-2)20-12(16-10)8-5-7(15)3-4-9(8)14/h3-5H,6H2,1-2H3. The quantitative estimate of drug-likeness (QED) is 0.524. The number of rotatable bonds is 4. The molecule has 106 valence electrons. The first-order chi connectivity index (χ1) is 9.56. The molecule has 0 amide bonds. The number of methoxy groups -OCH3 is 2.